The fourth-order valence-electron chi connectivity index (χ4n) is 0.839. The Morgan fingerprint density at radius 1 is 0.0641 bits per heavy atom. The first-order valence-electron chi connectivity index (χ1n) is 12.8. The average Bonchev–Trinajstić information content (AvgIpc) is 3.45. The quantitative estimate of drug-likeness (QED) is 0.331. The van der Waals surface area contributed by atoms with Crippen LogP contribution in [0, 0.1) is 0 Å². The van der Waals surface area contributed by atoms with Crippen molar-refractivity contribution in [1.29, 1.82) is 0 Å². The molecule has 0 aliphatic rings. The molecule has 0 heterocycles. The van der Waals surface area contributed by atoms with Crippen molar-refractivity contribution < 1.29 is 0 Å². The van der Waals surface area contributed by atoms with Gasteiger partial charge in [0.1, 0.15) is 0 Å². The lowest BCUT2D eigenvalue weighted by Crippen LogP contribution is -1.41. The summed E-state index contributed by atoms with van der Waals surface area (Å²) in [6, 6.07) is 0. The fraction of sp³-hybridized carbons (Fsp3) is 0. The third-order valence-corrected chi connectivity index (χ3v) is 169. The van der Waals surface area contributed by atoms with E-state index in [0.29, 0.717) is 0 Å². The second-order valence-corrected chi connectivity index (χ2v) is 140. The van der Waals surface area contributed by atoms with Gasteiger partial charge in [-0.05, 0) is 0 Å². The van der Waals surface area contributed by atoms with Crippen LogP contribution in [0.3, 0.4) is 0 Å². The molecule has 0 spiro atoms. The van der Waals surface area contributed by atoms with Gasteiger partial charge in [0, 0.05) is 697 Å². The molecule has 0 aromatic rings. The van der Waals surface area contributed by atoms with Crippen LogP contribution in [0.25, 0.3) is 0 Å². The highest BCUT2D eigenvalue weighted by Gasteiger charge is 1.48. The van der Waals surface area contributed by atoms with Gasteiger partial charge in [-0.15, -0.1) is 0 Å². The summed E-state index contributed by atoms with van der Waals surface area (Å²) in [7, 11) is 137. The molecule has 0 fully saturated rings. The summed E-state index contributed by atoms with van der Waals surface area (Å²) < 4.78 is 0. The van der Waals surface area contributed by atoms with Crippen molar-refractivity contribution in [3.63, 3.8) is 0 Å². The molecule has 0 N–H and O–H groups in total. The van der Waals surface area contributed by atoms with E-state index in [2.05, 4.69) is 0 Å². The molecule has 0 aliphatic heterocycles. The van der Waals surface area contributed by atoms with E-state index in [1.807, 2.05) is 551 Å². The Balaban J connectivity index is 6.15. The Morgan fingerprint density at radius 3 is 0.141 bits per heavy atom. The zero-order chi connectivity index (χ0) is 55.7. The molecule has 0 aromatic heterocycles. The summed E-state index contributed by atoms with van der Waals surface area (Å²) in [6.45, 7) is 0. The molecule has 0 unspecified atom stereocenters. The summed E-state index contributed by atoms with van der Waals surface area (Å²) in [5.74, 6) is 0. The van der Waals surface area contributed by atoms with Gasteiger partial charge in [-0.2, -0.15) is 0 Å². The van der Waals surface area contributed by atoms with Crippen LogP contribution in [0.1, 0.15) is 0 Å². The molecule has 0 nitrogen and oxygen atoms in total. The number of hydrogen-bond acceptors (Lipinski definition) is 2. The van der Waals surface area contributed by atoms with Crippen molar-refractivity contribution in [3.8, 4) is 0 Å². The Morgan fingerprint density at radius 2 is 0.103 bits per heavy atom. The molecular formula is S78. The van der Waals surface area contributed by atoms with E-state index in [0.717, 1.165) is 0 Å². The van der Waals surface area contributed by atoms with Gasteiger partial charge in [0.2, 0.25) is 0 Å². The van der Waals surface area contributed by atoms with Crippen LogP contribution in [0.5, 0.6) is 0 Å². The lowest BCUT2D eigenvalue weighted by molar-refractivity contribution is 5.95. The molecule has 78 heavy (non-hydrogen) atoms. The molecule has 0 radical (unpaired) electrons. The monoisotopic (exact) mass is 2490 g/mol. The van der Waals surface area contributed by atoms with Crippen molar-refractivity contribution in [2.45, 2.75) is 0 Å². The summed E-state index contributed by atoms with van der Waals surface area (Å²) in [6.07, 6.45) is 0. The Hall–Kier alpha value is 17.2. The van der Waals surface area contributed by atoms with Gasteiger partial charge in [0.05, 0.1) is 0 Å². The standard InChI is InChI=1S/S78/c1-3-5-7-9-11-13-15-17-19-21-23-25-27-29-31-33-35-37-39-41-43-45-47-49-51-53-55-57-59-61-63-65-67-69-71-73-75-77-78-76-74-72-70-68-66-64-62-60-58-56-54-52-50-48-46-44-42-40-38-36-34-32-30-28-26-24-22-20-18-16-14-12-10-8-6-4-2. The number of rotatable bonds is 0. The second kappa shape index (κ2) is 94.2. The molecule has 468 valence electrons. The topological polar surface area (TPSA) is 0 Å². The third kappa shape index (κ3) is 93.2. The average molecular weight is 2500 g/mol. The maximum Gasteiger partial charge on any atom is 0 e. The van der Waals surface area contributed by atoms with Crippen LogP contribution >= 0.6 is 0 Å². The largest absolute Gasteiger partial charge is 0 e. The smallest absolute Gasteiger partial charge is 0 e. The first kappa shape index (κ1) is 95.2. The summed E-state index contributed by atoms with van der Waals surface area (Å²) in [4.78, 5) is 0. The molecule has 0 saturated carbocycles. The van der Waals surface area contributed by atoms with Crippen LogP contribution in [0.15, 0.2) is 0 Å². The highest BCUT2D eigenvalue weighted by Crippen LogP contribution is 1.48. The normalized spacial score (nSPS) is 7.85. The zero-order valence-electron chi connectivity index (χ0n) is 31.8. The van der Waals surface area contributed by atoms with E-state index < -0.39 is 0 Å². The van der Waals surface area contributed by atoms with Gasteiger partial charge in [0.15, 0.2) is 0 Å². The highest BCUT2D eigenvalue weighted by molar-refractivity contribution is 8.85. The minimum Gasteiger partial charge on any atom is 0 e. The Labute approximate surface area is 675 Å². The summed E-state index contributed by atoms with van der Waals surface area (Å²) in [5.41, 5.74) is 0. The molecule has 0 bridgehead atoms. The molecule has 0 atom stereocenters. The van der Waals surface area contributed by atoms with Gasteiger partial charge in [-0.1, -0.05) is 0 Å². The Kier molecular flexibility index (Phi) is 115. The van der Waals surface area contributed by atoms with Gasteiger partial charge in [-0.3, -0.25) is 0 Å². The van der Waals surface area contributed by atoms with E-state index in [-0.39, 0.29) is 0 Å². The van der Waals surface area contributed by atoms with Crippen LogP contribution in [0.2, 0.25) is 0 Å². The molecule has 78 heteroatoms. The van der Waals surface area contributed by atoms with Gasteiger partial charge < -0.3 is 0 Å². The maximum absolute atomic E-state index is 4.83. The van der Waals surface area contributed by atoms with Crippen LogP contribution in [-0.2, 0) is 697 Å². The molecule has 0 aromatic carbocycles. The molecule has 0 aliphatic carbocycles. The van der Waals surface area contributed by atoms with Crippen molar-refractivity contribution in [2.24, 2.45) is 0 Å². The van der Waals surface area contributed by atoms with E-state index in [1.165, 1.54) is 17.8 Å². The van der Waals surface area contributed by atoms with E-state index in [1.54, 1.807) is 107 Å². The molecule has 0 amide bonds. The minimum atomic E-state index is 1.37. The molecular weight excluding hydrogens is 2500 g/mol. The van der Waals surface area contributed by atoms with E-state index in [4.69, 9.17) is 22.4 Å². The van der Waals surface area contributed by atoms with Crippen molar-refractivity contribution in [1.82, 2.24) is 0 Å². The van der Waals surface area contributed by atoms with E-state index >= 15 is 0 Å². The van der Waals surface area contributed by atoms with Gasteiger partial charge in [-0.25, -0.2) is 0 Å². The van der Waals surface area contributed by atoms with Crippen molar-refractivity contribution in [2.75, 3.05) is 0 Å². The minimum absolute atomic E-state index is 1.37. The SMILES string of the molecule is S=S=S=S=S=S=S=S=S=S=S=S=S=S=S=S=S=S=S=S=S=S=S=S=S=S=S=S=S=S=S=S=S=S=S=S=S=S=S=S=S=S=S=S=S=S=S=S=S=S=S=S=S=S=S=S=S=S=S=S=S=S=S=S=S=S=S=S=S=S=S=S=S=S=S=S=S=S. The molecule has 0 saturated heterocycles. The molecule has 0 rings (SSSR count). The van der Waals surface area contributed by atoms with Gasteiger partial charge in [0.25, 0.3) is 0 Å². The van der Waals surface area contributed by atoms with Crippen LogP contribution < -0.4 is 0 Å². The predicted molar refractivity (Wildman–Crippen MR) is 574 cm³/mol. The zero-order valence-corrected chi connectivity index (χ0v) is 95.5. The summed E-state index contributed by atoms with van der Waals surface area (Å²) in [5, 5.41) is 0. The lowest BCUT2D eigenvalue weighted by Gasteiger charge is -1.41. The predicted octanol–water partition coefficient (Wildman–Crippen LogP) is -0.187. The maximum atomic E-state index is 4.83. The highest BCUT2D eigenvalue weighted by atomic mass is 33.6. The first-order chi connectivity index (χ1) is 38.9. The van der Waals surface area contributed by atoms with Crippen LogP contribution in [0.4, 0.5) is 0 Å². The van der Waals surface area contributed by atoms with Crippen molar-refractivity contribution >= 4 is 697 Å². The van der Waals surface area contributed by atoms with Crippen LogP contribution in [-0.4, -0.2) is 0 Å². The second-order valence-electron chi connectivity index (χ2n) is 5.17. The fourth-order valence-corrected chi connectivity index (χ4v) is 204. The first-order valence-corrected chi connectivity index (χ1v) is 115. The lowest BCUT2D eigenvalue weighted by atomic mass is 30.7. The number of hydrogen-bond donors (Lipinski definition) is 0. The summed E-state index contributed by atoms with van der Waals surface area (Å²) >= 11 is 9.65. The van der Waals surface area contributed by atoms with Gasteiger partial charge >= 0.3 is 0 Å². The Bertz CT molecular complexity index is 5550. The third-order valence-electron chi connectivity index (χ3n) is 2.08. The van der Waals surface area contributed by atoms with E-state index in [9.17, 15) is 0 Å². The van der Waals surface area contributed by atoms with Crippen molar-refractivity contribution in [3.05, 3.63) is 0 Å².